The van der Waals surface area contributed by atoms with E-state index in [4.69, 9.17) is 0 Å². The number of benzene rings is 1. The van der Waals surface area contributed by atoms with Gasteiger partial charge in [-0.05, 0) is 55.5 Å². The van der Waals surface area contributed by atoms with Crippen molar-refractivity contribution in [3.05, 3.63) is 51.7 Å². The minimum atomic E-state index is -5.12. The zero-order valence-corrected chi connectivity index (χ0v) is 19.4. The zero-order chi connectivity index (χ0) is 23.5. The van der Waals surface area contributed by atoms with Crippen molar-refractivity contribution in [3.8, 4) is 0 Å². The second-order valence-electron chi connectivity index (χ2n) is 8.61. The minimum Gasteiger partial charge on any atom is -0.351 e. The van der Waals surface area contributed by atoms with Gasteiger partial charge in [0.25, 0.3) is 0 Å². The van der Waals surface area contributed by atoms with E-state index in [2.05, 4.69) is 5.32 Å². The van der Waals surface area contributed by atoms with Crippen LogP contribution in [-0.4, -0.2) is 24.0 Å². The molecule has 1 aromatic heterocycles. The van der Waals surface area contributed by atoms with E-state index < -0.39 is 24.0 Å². The SMILES string of the molecule is Cc1ccc(C(C(=O)NC2CCCCC2)N(C(=O)C(F)(F)F)c2ccc(C(C)C)cc2)s1. The number of alkyl halides is 3. The second kappa shape index (κ2) is 10.1. The van der Waals surface area contributed by atoms with Gasteiger partial charge in [0.2, 0.25) is 5.91 Å². The zero-order valence-electron chi connectivity index (χ0n) is 18.5. The molecule has 1 heterocycles. The number of halogens is 3. The molecule has 0 spiro atoms. The molecule has 0 radical (unpaired) electrons. The number of amides is 2. The third-order valence-electron chi connectivity index (χ3n) is 5.79. The maximum absolute atomic E-state index is 13.7. The highest BCUT2D eigenvalue weighted by molar-refractivity contribution is 7.12. The van der Waals surface area contributed by atoms with Crippen LogP contribution in [0.2, 0.25) is 0 Å². The molecular weight excluding hydrogens is 437 g/mol. The van der Waals surface area contributed by atoms with Crippen LogP contribution in [0, 0.1) is 6.92 Å². The van der Waals surface area contributed by atoms with Crippen LogP contribution in [0.4, 0.5) is 18.9 Å². The van der Waals surface area contributed by atoms with E-state index >= 15 is 0 Å². The lowest BCUT2D eigenvalue weighted by Gasteiger charge is -2.33. The Bertz CT molecular complexity index is 931. The van der Waals surface area contributed by atoms with Gasteiger partial charge in [0.15, 0.2) is 6.04 Å². The molecule has 0 aliphatic heterocycles. The first-order chi connectivity index (χ1) is 15.1. The summed E-state index contributed by atoms with van der Waals surface area (Å²) in [6.07, 6.45) is -0.519. The highest BCUT2D eigenvalue weighted by Crippen LogP contribution is 2.36. The standard InChI is InChI=1S/C24H29F3N2O2S/c1-15(2)17-10-12-19(13-11-17)29(23(31)24(25,26)27)21(20-14-9-16(3)32-20)22(30)28-18-7-5-4-6-8-18/h9-15,18,21H,4-8H2,1-3H3,(H,28,30). The molecule has 8 heteroatoms. The molecule has 1 atom stereocenters. The van der Waals surface area contributed by atoms with Gasteiger partial charge in [-0.25, -0.2) is 0 Å². The Kier molecular flexibility index (Phi) is 7.64. The fourth-order valence-corrected chi connectivity index (χ4v) is 5.01. The molecule has 2 amide bonds. The summed E-state index contributed by atoms with van der Waals surface area (Å²) in [4.78, 5) is 27.9. The largest absolute Gasteiger partial charge is 0.471 e. The Morgan fingerprint density at radius 2 is 1.66 bits per heavy atom. The molecule has 1 fully saturated rings. The molecule has 32 heavy (non-hydrogen) atoms. The van der Waals surface area contributed by atoms with E-state index in [1.54, 1.807) is 24.3 Å². The Morgan fingerprint density at radius 3 is 2.16 bits per heavy atom. The molecule has 1 N–H and O–H groups in total. The van der Waals surface area contributed by atoms with Gasteiger partial charge in [-0.2, -0.15) is 13.2 Å². The Hall–Kier alpha value is -2.35. The normalized spacial score (nSPS) is 16.1. The van der Waals surface area contributed by atoms with Gasteiger partial charge >= 0.3 is 12.1 Å². The fraction of sp³-hybridized carbons (Fsp3) is 0.500. The summed E-state index contributed by atoms with van der Waals surface area (Å²) in [5.41, 5.74) is 0.981. The highest BCUT2D eigenvalue weighted by Gasteiger charge is 2.48. The lowest BCUT2D eigenvalue weighted by atomic mass is 9.95. The van der Waals surface area contributed by atoms with Crippen LogP contribution in [0.25, 0.3) is 0 Å². The summed E-state index contributed by atoms with van der Waals surface area (Å²) in [5.74, 6) is -2.45. The first-order valence-corrected chi connectivity index (χ1v) is 11.8. The van der Waals surface area contributed by atoms with Gasteiger partial charge in [0, 0.05) is 21.5 Å². The van der Waals surface area contributed by atoms with Crippen molar-refractivity contribution in [1.82, 2.24) is 5.32 Å². The average molecular weight is 467 g/mol. The van der Waals surface area contributed by atoms with Crippen molar-refractivity contribution in [2.24, 2.45) is 0 Å². The number of carbonyl (C=O) groups is 2. The Balaban J connectivity index is 2.05. The Morgan fingerprint density at radius 1 is 1.03 bits per heavy atom. The lowest BCUT2D eigenvalue weighted by molar-refractivity contribution is -0.171. The predicted octanol–water partition coefficient (Wildman–Crippen LogP) is 6.27. The topological polar surface area (TPSA) is 49.4 Å². The number of hydrogen-bond donors (Lipinski definition) is 1. The average Bonchev–Trinajstić information content (AvgIpc) is 3.17. The summed E-state index contributed by atoms with van der Waals surface area (Å²) in [5, 5.41) is 2.92. The summed E-state index contributed by atoms with van der Waals surface area (Å²) >= 11 is 1.22. The maximum Gasteiger partial charge on any atom is 0.471 e. The molecule has 1 saturated carbocycles. The van der Waals surface area contributed by atoms with E-state index in [1.165, 1.54) is 23.5 Å². The van der Waals surface area contributed by atoms with Gasteiger partial charge in [-0.1, -0.05) is 45.2 Å². The number of nitrogens with one attached hydrogen (secondary N) is 1. The van der Waals surface area contributed by atoms with E-state index in [0.29, 0.717) is 9.78 Å². The first kappa shape index (κ1) is 24.3. The van der Waals surface area contributed by atoms with E-state index in [0.717, 1.165) is 42.5 Å². The lowest BCUT2D eigenvalue weighted by Crippen LogP contribution is -2.50. The van der Waals surface area contributed by atoms with Crippen molar-refractivity contribution in [3.63, 3.8) is 0 Å². The van der Waals surface area contributed by atoms with Gasteiger partial charge in [0.05, 0.1) is 0 Å². The van der Waals surface area contributed by atoms with Crippen molar-refractivity contribution in [1.29, 1.82) is 0 Å². The number of aryl methyl sites for hydroxylation is 1. The van der Waals surface area contributed by atoms with Crippen LogP contribution < -0.4 is 10.2 Å². The first-order valence-electron chi connectivity index (χ1n) is 10.9. The molecule has 1 aliphatic carbocycles. The third-order valence-corrected chi connectivity index (χ3v) is 6.84. The molecule has 0 saturated heterocycles. The fourth-order valence-electron chi connectivity index (χ4n) is 4.04. The second-order valence-corrected chi connectivity index (χ2v) is 9.93. The number of carbonyl (C=O) groups excluding carboxylic acids is 2. The van der Waals surface area contributed by atoms with Crippen molar-refractivity contribution in [2.75, 3.05) is 4.90 Å². The quantitative estimate of drug-likeness (QED) is 0.546. The molecule has 1 aromatic carbocycles. The predicted molar refractivity (Wildman–Crippen MR) is 121 cm³/mol. The molecule has 2 aromatic rings. The molecule has 4 nitrogen and oxygen atoms in total. The molecule has 1 unspecified atom stereocenters. The van der Waals surface area contributed by atoms with Crippen LogP contribution in [0.5, 0.6) is 0 Å². The maximum atomic E-state index is 13.7. The summed E-state index contributed by atoms with van der Waals surface area (Å²) in [7, 11) is 0. The number of thiophene rings is 1. The van der Waals surface area contributed by atoms with Crippen molar-refractivity contribution < 1.29 is 22.8 Å². The molecular formula is C24H29F3N2O2S. The van der Waals surface area contributed by atoms with Gasteiger partial charge in [-0.15, -0.1) is 11.3 Å². The molecule has 0 bridgehead atoms. The van der Waals surface area contributed by atoms with Gasteiger partial charge < -0.3 is 5.32 Å². The molecule has 3 rings (SSSR count). The van der Waals surface area contributed by atoms with Crippen molar-refractivity contribution >= 4 is 28.8 Å². The number of rotatable bonds is 6. The smallest absolute Gasteiger partial charge is 0.351 e. The van der Waals surface area contributed by atoms with Crippen LogP contribution in [0.1, 0.15) is 73.2 Å². The number of nitrogens with zero attached hydrogens (tertiary/aromatic N) is 1. The Labute approximate surface area is 190 Å². The summed E-state index contributed by atoms with van der Waals surface area (Å²) in [6, 6.07) is 8.27. The van der Waals surface area contributed by atoms with E-state index in [9.17, 15) is 22.8 Å². The highest BCUT2D eigenvalue weighted by atomic mass is 32.1. The van der Waals surface area contributed by atoms with Crippen molar-refractivity contribution in [2.45, 2.75) is 77.1 Å². The summed E-state index contributed by atoms with van der Waals surface area (Å²) < 4.78 is 41.0. The van der Waals surface area contributed by atoms with Crippen LogP contribution in [0.3, 0.4) is 0 Å². The minimum absolute atomic E-state index is 0.0478. The van der Waals surface area contributed by atoms with Gasteiger partial charge in [0.1, 0.15) is 0 Å². The number of anilines is 1. The van der Waals surface area contributed by atoms with E-state index in [-0.39, 0.29) is 17.6 Å². The summed E-state index contributed by atoms with van der Waals surface area (Å²) in [6.45, 7) is 5.77. The third kappa shape index (κ3) is 5.71. The molecule has 174 valence electrons. The van der Waals surface area contributed by atoms with Crippen LogP contribution in [0.15, 0.2) is 36.4 Å². The van der Waals surface area contributed by atoms with Gasteiger partial charge in [-0.3, -0.25) is 14.5 Å². The number of hydrogen-bond acceptors (Lipinski definition) is 3. The van der Waals surface area contributed by atoms with Crippen LogP contribution in [-0.2, 0) is 9.59 Å². The molecule has 1 aliphatic rings. The van der Waals surface area contributed by atoms with Crippen LogP contribution >= 0.6 is 11.3 Å². The monoisotopic (exact) mass is 466 g/mol. The van der Waals surface area contributed by atoms with E-state index in [1.807, 2.05) is 20.8 Å².